The van der Waals surface area contributed by atoms with Gasteiger partial charge in [-0.05, 0) is 96.3 Å². The van der Waals surface area contributed by atoms with Crippen LogP contribution in [0.15, 0.2) is 72.9 Å². The number of amides is 1. The molecule has 1 rings (SSSR count). The standard InChI is InChI=1S/C68H121NO10/c1-4-7-10-13-16-19-22-24-26-28-30-31-32-34-36-38-41-44-47-50-53-56-63(73)79-66-65(75)64(74)62(57-70)78-68(66)77-58-59(60(71)54-51-48-45-42-39-21-18-15-12-9-6-3)69-67(76)61(72)55-52-49-46-43-40-37-35-33-29-27-25-23-20-17-14-11-8-5-2/h16-17,19-20,24-27,33,35,51,54,59-62,64-66,68,70-72,74-75H,4-15,18,21-23,28-32,34,36-50,52-53,55-58H2,1-3H3,(H,69,76)/b19-16-,20-17-,26-24-,27-25-,35-33-,54-51+. The Kier molecular flexibility index (Phi) is 52.2. The van der Waals surface area contributed by atoms with Gasteiger partial charge in [0.1, 0.15) is 24.4 Å². The molecule has 1 heterocycles. The second-order valence-corrected chi connectivity index (χ2v) is 22.5. The molecule has 0 aliphatic carbocycles. The average Bonchev–Trinajstić information content (AvgIpc) is 3.45. The summed E-state index contributed by atoms with van der Waals surface area (Å²) < 4.78 is 17.6. The molecule has 0 aromatic rings. The molecule has 6 N–H and O–H groups in total. The first-order valence-corrected chi connectivity index (χ1v) is 32.7. The molecule has 11 heteroatoms. The van der Waals surface area contributed by atoms with E-state index in [0.29, 0.717) is 12.8 Å². The highest BCUT2D eigenvalue weighted by molar-refractivity contribution is 5.80. The molecule has 1 fully saturated rings. The van der Waals surface area contributed by atoms with Gasteiger partial charge in [0.05, 0.1) is 25.4 Å². The molecule has 0 aromatic heterocycles. The van der Waals surface area contributed by atoms with Gasteiger partial charge in [-0.3, -0.25) is 9.59 Å². The molecular weight excluding hydrogens is 991 g/mol. The van der Waals surface area contributed by atoms with Crippen molar-refractivity contribution in [1.29, 1.82) is 0 Å². The molecule has 1 aliphatic rings. The van der Waals surface area contributed by atoms with Crippen molar-refractivity contribution in [2.75, 3.05) is 13.2 Å². The molecule has 0 spiro atoms. The first kappa shape index (κ1) is 74.1. The first-order chi connectivity index (χ1) is 38.7. The van der Waals surface area contributed by atoms with Gasteiger partial charge in [0.2, 0.25) is 5.91 Å². The van der Waals surface area contributed by atoms with E-state index in [4.69, 9.17) is 14.2 Å². The van der Waals surface area contributed by atoms with Crippen molar-refractivity contribution in [3.63, 3.8) is 0 Å². The SMILES string of the molecule is CCCCC/C=C\C/C=C\C/C=C\CCCCCCCC(O)C(=O)NC(COC1OC(CO)C(O)C(O)C1OC(=O)CCCCCCCCCCCCC/C=C\C/C=C\CCCCC)C(O)/C=C/CCCCCCCCCCC. The van der Waals surface area contributed by atoms with Crippen molar-refractivity contribution in [3.8, 4) is 0 Å². The van der Waals surface area contributed by atoms with E-state index in [-0.39, 0.29) is 19.4 Å². The highest BCUT2D eigenvalue weighted by atomic mass is 16.7. The number of nitrogens with one attached hydrogen (secondary N) is 1. The predicted octanol–water partition coefficient (Wildman–Crippen LogP) is 16.0. The smallest absolute Gasteiger partial charge is 0.306 e. The summed E-state index contributed by atoms with van der Waals surface area (Å²) in [5.74, 6) is -1.21. The third-order valence-corrected chi connectivity index (χ3v) is 15.1. The summed E-state index contributed by atoms with van der Waals surface area (Å²) >= 11 is 0. The number of rotatable bonds is 55. The maximum absolute atomic E-state index is 13.4. The Bertz CT molecular complexity index is 1560. The molecule has 8 atom stereocenters. The monoisotopic (exact) mass is 1110 g/mol. The molecule has 0 aromatic carbocycles. The van der Waals surface area contributed by atoms with E-state index in [9.17, 15) is 35.1 Å². The van der Waals surface area contributed by atoms with Gasteiger partial charge in [-0.2, -0.15) is 0 Å². The summed E-state index contributed by atoms with van der Waals surface area (Å²) in [6, 6.07) is -1.03. The second-order valence-electron chi connectivity index (χ2n) is 22.5. The lowest BCUT2D eigenvalue weighted by Gasteiger charge is -2.41. The molecule has 0 radical (unpaired) electrons. The van der Waals surface area contributed by atoms with Crippen LogP contribution in [-0.2, 0) is 23.8 Å². The lowest BCUT2D eigenvalue weighted by atomic mass is 9.99. The molecule has 1 aliphatic heterocycles. The Morgan fingerprint density at radius 3 is 1.33 bits per heavy atom. The van der Waals surface area contributed by atoms with Crippen LogP contribution in [0.25, 0.3) is 0 Å². The van der Waals surface area contributed by atoms with Gasteiger partial charge < -0.3 is 45.1 Å². The summed E-state index contributed by atoms with van der Waals surface area (Å²) in [5, 5.41) is 57.0. The summed E-state index contributed by atoms with van der Waals surface area (Å²) in [4.78, 5) is 26.6. The summed E-state index contributed by atoms with van der Waals surface area (Å²) in [5.41, 5.74) is 0. The number of ether oxygens (including phenoxy) is 3. The van der Waals surface area contributed by atoms with Gasteiger partial charge in [-0.1, -0.05) is 254 Å². The van der Waals surface area contributed by atoms with Crippen LogP contribution >= 0.6 is 0 Å². The number of carbonyl (C=O) groups is 2. The van der Waals surface area contributed by atoms with Gasteiger partial charge in [0.25, 0.3) is 0 Å². The minimum atomic E-state index is -1.62. The van der Waals surface area contributed by atoms with Gasteiger partial charge >= 0.3 is 5.97 Å². The molecule has 458 valence electrons. The zero-order valence-corrected chi connectivity index (χ0v) is 50.7. The zero-order valence-electron chi connectivity index (χ0n) is 50.7. The zero-order chi connectivity index (χ0) is 57.5. The molecular formula is C68H121NO10. The third kappa shape index (κ3) is 43.5. The van der Waals surface area contributed by atoms with Crippen molar-refractivity contribution in [2.24, 2.45) is 0 Å². The number of aliphatic hydroxyl groups is 5. The van der Waals surface area contributed by atoms with Crippen molar-refractivity contribution in [2.45, 2.75) is 333 Å². The Labute approximate surface area is 483 Å². The minimum absolute atomic E-state index is 0.118. The van der Waals surface area contributed by atoms with Crippen LogP contribution in [0.2, 0.25) is 0 Å². The second kappa shape index (κ2) is 55.6. The highest BCUT2D eigenvalue weighted by Gasteiger charge is 2.47. The molecule has 0 bridgehead atoms. The van der Waals surface area contributed by atoms with Gasteiger partial charge in [-0.15, -0.1) is 0 Å². The minimum Gasteiger partial charge on any atom is -0.454 e. The number of hydrogen-bond acceptors (Lipinski definition) is 10. The Hall–Kier alpha value is -2.90. The van der Waals surface area contributed by atoms with E-state index < -0.39 is 67.4 Å². The van der Waals surface area contributed by atoms with Crippen molar-refractivity contribution in [3.05, 3.63) is 72.9 Å². The lowest BCUT2D eigenvalue weighted by molar-refractivity contribution is -0.305. The van der Waals surface area contributed by atoms with E-state index in [1.807, 2.05) is 6.08 Å². The van der Waals surface area contributed by atoms with Crippen molar-refractivity contribution in [1.82, 2.24) is 5.32 Å². The van der Waals surface area contributed by atoms with Gasteiger partial charge in [-0.25, -0.2) is 0 Å². The molecule has 11 nitrogen and oxygen atoms in total. The van der Waals surface area contributed by atoms with E-state index in [0.717, 1.165) is 89.9 Å². The molecule has 1 amide bonds. The van der Waals surface area contributed by atoms with Gasteiger partial charge in [0, 0.05) is 6.42 Å². The number of hydrogen-bond donors (Lipinski definition) is 6. The van der Waals surface area contributed by atoms with Crippen molar-refractivity contribution < 1.29 is 49.3 Å². The van der Waals surface area contributed by atoms with Crippen LogP contribution in [0.1, 0.15) is 284 Å². The largest absolute Gasteiger partial charge is 0.454 e. The van der Waals surface area contributed by atoms with Crippen LogP contribution in [0, 0.1) is 0 Å². The molecule has 1 saturated heterocycles. The van der Waals surface area contributed by atoms with E-state index in [1.165, 1.54) is 148 Å². The maximum Gasteiger partial charge on any atom is 0.306 e. The van der Waals surface area contributed by atoms with Crippen LogP contribution in [-0.4, -0.2) is 99.6 Å². The average molecular weight is 1110 g/mol. The van der Waals surface area contributed by atoms with Crippen molar-refractivity contribution >= 4 is 11.9 Å². The highest BCUT2D eigenvalue weighted by Crippen LogP contribution is 2.26. The summed E-state index contributed by atoms with van der Waals surface area (Å²) in [6.45, 7) is 5.73. The first-order valence-electron chi connectivity index (χ1n) is 32.7. The number of allylic oxidation sites excluding steroid dienone is 11. The number of unbranched alkanes of at least 4 members (excludes halogenated alkanes) is 31. The Morgan fingerprint density at radius 1 is 0.494 bits per heavy atom. The molecule has 8 unspecified atom stereocenters. The lowest BCUT2D eigenvalue weighted by Crippen LogP contribution is -2.61. The van der Waals surface area contributed by atoms with Crippen LogP contribution in [0.4, 0.5) is 0 Å². The van der Waals surface area contributed by atoms with Crippen LogP contribution in [0.3, 0.4) is 0 Å². The van der Waals surface area contributed by atoms with E-state index >= 15 is 0 Å². The number of aliphatic hydroxyl groups excluding tert-OH is 5. The number of carbonyl (C=O) groups excluding carboxylic acids is 2. The van der Waals surface area contributed by atoms with Crippen LogP contribution in [0.5, 0.6) is 0 Å². The summed E-state index contributed by atoms with van der Waals surface area (Å²) in [7, 11) is 0. The fourth-order valence-corrected chi connectivity index (χ4v) is 9.86. The Morgan fingerprint density at radius 2 is 0.873 bits per heavy atom. The molecule has 0 saturated carbocycles. The molecule has 79 heavy (non-hydrogen) atoms. The Balaban J connectivity index is 2.63. The summed E-state index contributed by atoms with van der Waals surface area (Å²) in [6.07, 6.45) is 60.8. The third-order valence-electron chi connectivity index (χ3n) is 15.1. The van der Waals surface area contributed by atoms with E-state index in [2.05, 4.69) is 86.8 Å². The quantitative estimate of drug-likeness (QED) is 0.0195. The maximum atomic E-state index is 13.4. The predicted molar refractivity (Wildman–Crippen MR) is 329 cm³/mol. The normalized spacial score (nSPS) is 19.3. The topological polar surface area (TPSA) is 175 Å². The fourth-order valence-electron chi connectivity index (χ4n) is 9.86. The van der Waals surface area contributed by atoms with E-state index in [1.54, 1.807) is 6.08 Å². The number of esters is 1. The van der Waals surface area contributed by atoms with Crippen LogP contribution < -0.4 is 5.32 Å². The fraction of sp³-hybridized carbons (Fsp3) is 0.794. The van der Waals surface area contributed by atoms with Gasteiger partial charge in [0.15, 0.2) is 12.4 Å².